The molecule has 0 bridgehead atoms. The van der Waals surface area contributed by atoms with Gasteiger partial charge in [0.2, 0.25) is 0 Å². The molecule has 0 spiro atoms. The monoisotopic (exact) mass is 518 g/mol. The van der Waals surface area contributed by atoms with Crippen LogP contribution in [0.3, 0.4) is 0 Å². The van der Waals surface area contributed by atoms with Gasteiger partial charge in [-0.05, 0) is 71.3 Å². The second kappa shape index (κ2) is 13.4. The van der Waals surface area contributed by atoms with Gasteiger partial charge in [0.1, 0.15) is 18.1 Å². The Morgan fingerprint density at radius 2 is 1.41 bits per heavy atom. The van der Waals surface area contributed by atoms with Crippen molar-refractivity contribution in [3.05, 3.63) is 137 Å². The zero-order chi connectivity index (χ0) is 27.5. The summed E-state index contributed by atoms with van der Waals surface area (Å²) >= 11 is 0. The minimum Gasteiger partial charge on any atom is -0.489 e. The zero-order valence-electron chi connectivity index (χ0n) is 21.9. The van der Waals surface area contributed by atoms with Crippen molar-refractivity contribution in [2.45, 2.75) is 6.61 Å². The van der Waals surface area contributed by atoms with E-state index in [0.29, 0.717) is 12.2 Å². The molecule has 4 aromatic rings. The lowest BCUT2D eigenvalue weighted by Crippen LogP contribution is -2.32. The highest BCUT2D eigenvalue weighted by atomic mass is 16.5. The van der Waals surface area contributed by atoms with Crippen LogP contribution in [0.2, 0.25) is 0 Å². The fourth-order valence-corrected chi connectivity index (χ4v) is 3.59. The summed E-state index contributed by atoms with van der Waals surface area (Å²) in [5.41, 5.74) is 6.67. The predicted molar refractivity (Wildman–Crippen MR) is 156 cm³/mol. The molecule has 196 valence electrons. The van der Waals surface area contributed by atoms with Crippen LogP contribution in [0.1, 0.15) is 27.0 Å². The summed E-state index contributed by atoms with van der Waals surface area (Å²) in [6.07, 6.45) is 3.14. The van der Waals surface area contributed by atoms with Gasteiger partial charge in [0.05, 0.1) is 6.21 Å². The van der Waals surface area contributed by atoms with Crippen LogP contribution in [0, 0.1) is 0 Å². The molecule has 4 aromatic carbocycles. The van der Waals surface area contributed by atoms with Crippen LogP contribution >= 0.6 is 0 Å². The molecule has 0 atom stereocenters. The van der Waals surface area contributed by atoms with E-state index >= 15 is 0 Å². The molecule has 0 aliphatic carbocycles. The number of nitrogens with zero attached hydrogens (tertiary/aromatic N) is 2. The molecule has 0 saturated carbocycles. The summed E-state index contributed by atoms with van der Waals surface area (Å²) in [5, 5.41) is 6.79. The minimum absolute atomic E-state index is 0.0725. The highest BCUT2D eigenvalue weighted by molar-refractivity contribution is 6.05. The van der Waals surface area contributed by atoms with Gasteiger partial charge in [0, 0.05) is 25.3 Å². The van der Waals surface area contributed by atoms with E-state index in [1.807, 2.05) is 104 Å². The van der Waals surface area contributed by atoms with Crippen LogP contribution in [-0.4, -0.2) is 32.1 Å². The van der Waals surface area contributed by atoms with E-state index in [-0.39, 0.29) is 5.70 Å². The van der Waals surface area contributed by atoms with Crippen molar-refractivity contribution < 1.29 is 14.3 Å². The third kappa shape index (κ3) is 8.16. The maximum Gasteiger partial charge on any atom is 0.287 e. The smallest absolute Gasteiger partial charge is 0.287 e. The van der Waals surface area contributed by atoms with E-state index < -0.39 is 11.8 Å². The molecule has 7 nitrogen and oxygen atoms in total. The maximum atomic E-state index is 13.0. The Labute approximate surface area is 228 Å². The zero-order valence-corrected chi connectivity index (χ0v) is 21.9. The molecule has 0 heterocycles. The van der Waals surface area contributed by atoms with Gasteiger partial charge in [-0.3, -0.25) is 9.59 Å². The van der Waals surface area contributed by atoms with Crippen molar-refractivity contribution in [2.75, 3.05) is 19.0 Å². The van der Waals surface area contributed by atoms with Gasteiger partial charge in [-0.15, -0.1) is 0 Å². The molecule has 0 saturated heterocycles. The number of ether oxygens (including phenoxy) is 1. The van der Waals surface area contributed by atoms with Gasteiger partial charge in [-0.25, -0.2) is 5.43 Å². The molecule has 0 fully saturated rings. The Bertz CT molecular complexity index is 1430. The Morgan fingerprint density at radius 1 is 0.795 bits per heavy atom. The fraction of sp³-hybridized carbons (Fsp3) is 0.0938. The molecule has 39 heavy (non-hydrogen) atoms. The average molecular weight is 519 g/mol. The first-order valence-electron chi connectivity index (χ1n) is 12.4. The maximum absolute atomic E-state index is 13.0. The first-order chi connectivity index (χ1) is 19.0. The summed E-state index contributed by atoms with van der Waals surface area (Å²) in [6, 6.07) is 33.6. The van der Waals surface area contributed by atoms with Crippen LogP contribution in [0.4, 0.5) is 5.69 Å². The summed E-state index contributed by atoms with van der Waals surface area (Å²) in [4.78, 5) is 27.8. The van der Waals surface area contributed by atoms with Crippen molar-refractivity contribution in [1.82, 2.24) is 10.7 Å². The van der Waals surface area contributed by atoms with Crippen LogP contribution < -0.4 is 20.4 Å². The Morgan fingerprint density at radius 3 is 2.05 bits per heavy atom. The summed E-state index contributed by atoms with van der Waals surface area (Å²) < 4.78 is 5.81. The summed E-state index contributed by atoms with van der Waals surface area (Å²) in [6.45, 7) is 0.478. The summed E-state index contributed by atoms with van der Waals surface area (Å²) in [5.74, 6) is -0.207. The number of nitrogens with one attached hydrogen (secondary N) is 2. The highest BCUT2D eigenvalue weighted by Gasteiger charge is 2.14. The molecule has 2 N–H and O–H groups in total. The van der Waals surface area contributed by atoms with Crippen LogP contribution in [0.5, 0.6) is 5.75 Å². The normalized spacial score (nSPS) is 11.2. The van der Waals surface area contributed by atoms with E-state index in [4.69, 9.17) is 4.74 Å². The first-order valence-corrected chi connectivity index (χ1v) is 12.4. The molecular weight excluding hydrogens is 488 g/mol. The van der Waals surface area contributed by atoms with Crippen molar-refractivity contribution in [2.24, 2.45) is 5.10 Å². The van der Waals surface area contributed by atoms with E-state index in [0.717, 1.165) is 28.1 Å². The third-order valence-corrected chi connectivity index (χ3v) is 5.76. The highest BCUT2D eigenvalue weighted by Crippen LogP contribution is 2.15. The predicted octanol–water partition coefficient (Wildman–Crippen LogP) is 5.25. The minimum atomic E-state index is -0.546. The van der Waals surface area contributed by atoms with E-state index in [2.05, 4.69) is 15.8 Å². The number of anilines is 1. The lowest BCUT2D eigenvalue weighted by atomic mass is 10.1. The number of rotatable bonds is 10. The Balaban J connectivity index is 1.42. The third-order valence-electron chi connectivity index (χ3n) is 5.76. The largest absolute Gasteiger partial charge is 0.489 e. The van der Waals surface area contributed by atoms with Crippen LogP contribution in [-0.2, 0) is 11.4 Å². The number of hydrogen-bond acceptors (Lipinski definition) is 5. The standard InChI is InChI=1S/C32H30N4O3/c1-36(2)28-17-13-24(14-18-28)21-30(34-31(37)27-11-7-4-8-12-27)32(38)35-33-22-25-15-19-29(20-16-25)39-23-26-9-5-3-6-10-26/h3-22H,23H2,1-2H3,(H,34,37)(H,35,38). The van der Waals surface area contributed by atoms with Crippen molar-refractivity contribution in [1.29, 1.82) is 0 Å². The number of carbonyl (C=O) groups excluding carboxylic acids is 2. The van der Waals surface area contributed by atoms with Crippen molar-refractivity contribution >= 4 is 29.8 Å². The van der Waals surface area contributed by atoms with Gasteiger partial charge in [0.25, 0.3) is 11.8 Å². The van der Waals surface area contributed by atoms with Gasteiger partial charge in [-0.2, -0.15) is 5.10 Å². The van der Waals surface area contributed by atoms with Crippen molar-refractivity contribution in [3.63, 3.8) is 0 Å². The van der Waals surface area contributed by atoms with Gasteiger partial charge in [-0.1, -0.05) is 60.7 Å². The van der Waals surface area contributed by atoms with Crippen molar-refractivity contribution in [3.8, 4) is 5.75 Å². The molecule has 0 unspecified atom stereocenters. The van der Waals surface area contributed by atoms with Gasteiger partial charge >= 0.3 is 0 Å². The molecule has 2 amide bonds. The Hall–Kier alpha value is -5.17. The van der Waals surface area contributed by atoms with E-state index in [1.54, 1.807) is 30.3 Å². The second-order valence-electron chi connectivity index (χ2n) is 8.91. The number of carbonyl (C=O) groups is 2. The first kappa shape index (κ1) is 26.9. The SMILES string of the molecule is CN(C)c1ccc(C=C(NC(=O)c2ccccc2)C(=O)NN=Cc2ccc(OCc3ccccc3)cc2)cc1. The average Bonchev–Trinajstić information content (AvgIpc) is 2.97. The number of benzene rings is 4. The molecule has 4 rings (SSSR count). The summed E-state index contributed by atoms with van der Waals surface area (Å²) in [7, 11) is 3.90. The van der Waals surface area contributed by atoms with Gasteiger partial charge < -0.3 is 15.0 Å². The fourth-order valence-electron chi connectivity index (χ4n) is 3.59. The van der Waals surface area contributed by atoms with Crippen LogP contribution in [0.25, 0.3) is 6.08 Å². The lowest BCUT2D eigenvalue weighted by Gasteiger charge is -2.12. The van der Waals surface area contributed by atoms with Crippen LogP contribution in [0.15, 0.2) is 120 Å². The molecule has 0 aliphatic rings. The second-order valence-corrected chi connectivity index (χ2v) is 8.91. The lowest BCUT2D eigenvalue weighted by molar-refractivity contribution is -0.117. The molecule has 0 radical (unpaired) electrons. The molecular formula is C32H30N4O3. The topological polar surface area (TPSA) is 83.0 Å². The molecule has 0 aliphatic heterocycles. The quantitative estimate of drug-likeness (QED) is 0.171. The van der Waals surface area contributed by atoms with E-state index in [9.17, 15) is 9.59 Å². The number of amides is 2. The molecule has 7 heteroatoms. The van der Waals surface area contributed by atoms with Gasteiger partial charge in [0.15, 0.2) is 0 Å². The number of hydrazone groups is 1. The number of hydrogen-bond donors (Lipinski definition) is 2. The van der Waals surface area contributed by atoms with E-state index in [1.165, 1.54) is 6.21 Å². The molecule has 0 aromatic heterocycles. The Kier molecular flexibility index (Phi) is 9.23.